The van der Waals surface area contributed by atoms with Gasteiger partial charge >= 0.3 is 0 Å². The summed E-state index contributed by atoms with van der Waals surface area (Å²) < 4.78 is 5.01. The van der Waals surface area contributed by atoms with Crippen molar-refractivity contribution >= 4 is 17.5 Å². The van der Waals surface area contributed by atoms with E-state index in [4.69, 9.17) is 4.52 Å². The summed E-state index contributed by atoms with van der Waals surface area (Å²) in [4.78, 5) is 8.67. The molecule has 0 aromatic carbocycles. The Kier molecular flexibility index (Phi) is 4.33. The minimum Gasteiger partial charge on any atom is -0.370 e. The second kappa shape index (κ2) is 6.17. The highest BCUT2D eigenvalue weighted by molar-refractivity contribution is 5.55. The zero-order valence-electron chi connectivity index (χ0n) is 11.5. The molecule has 0 amide bonds. The van der Waals surface area contributed by atoms with Gasteiger partial charge in [0.25, 0.3) is 0 Å². The number of aryl methyl sites for hydroxylation is 2. The van der Waals surface area contributed by atoms with Gasteiger partial charge in [-0.05, 0) is 20.3 Å². The highest BCUT2D eigenvalue weighted by atomic mass is 16.5. The van der Waals surface area contributed by atoms with E-state index < -0.39 is 0 Å². The van der Waals surface area contributed by atoms with Gasteiger partial charge in [-0.3, -0.25) is 0 Å². The summed E-state index contributed by atoms with van der Waals surface area (Å²) in [5.74, 6) is 3.65. The number of rotatable bonds is 6. The van der Waals surface area contributed by atoms with Crippen molar-refractivity contribution in [1.29, 1.82) is 0 Å². The number of hydrogen-bond donors (Lipinski definition) is 2. The van der Waals surface area contributed by atoms with E-state index >= 15 is 0 Å². The second-order valence-corrected chi connectivity index (χ2v) is 4.41. The van der Waals surface area contributed by atoms with Gasteiger partial charge in [-0.2, -0.15) is 0 Å². The van der Waals surface area contributed by atoms with Crippen molar-refractivity contribution in [3.05, 3.63) is 23.7 Å². The van der Waals surface area contributed by atoms with Crippen LogP contribution in [-0.2, 0) is 0 Å². The van der Waals surface area contributed by atoms with E-state index in [-0.39, 0.29) is 0 Å². The average Bonchev–Trinajstić information content (AvgIpc) is 2.74. The third kappa shape index (κ3) is 3.94. The van der Waals surface area contributed by atoms with Crippen LogP contribution < -0.4 is 10.6 Å². The standard InChI is InChI=1S/C13H19N5O/c1-4-5-6-14-11-8-12(16-10(3)15-11)17-13-7-9(2)19-18-13/h7-8H,4-6H2,1-3H3,(H2,14,15,16,17,18). The number of anilines is 3. The van der Waals surface area contributed by atoms with E-state index in [9.17, 15) is 0 Å². The molecule has 0 saturated carbocycles. The minimum atomic E-state index is 0.648. The van der Waals surface area contributed by atoms with Crippen molar-refractivity contribution in [2.75, 3.05) is 17.2 Å². The van der Waals surface area contributed by atoms with E-state index in [1.54, 1.807) is 0 Å². The summed E-state index contributed by atoms with van der Waals surface area (Å²) in [7, 11) is 0. The largest absolute Gasteiger partial charge is 0.370 e. The first-order valence-corrected chi connectivity index (χ1v) is 6.47. The van der Waals surface area contributed by atoms with Crippen LogP contribution in [0.5, 0.6) is 0 Å². The van der Waals surface area contributed by atoms with Crippen LogP contribution in [0.25, 0.3) is 0 Å². The third-order valence-electron chi connectivity index (χ3n) is 2.56. The topological polar surface area (TPSA) is 75.9 Å². The molecule has 0 aliphatic heterocycles. The molecule has 6 heteroatoms. The van der Waals surface area contributed by atoms with Crippen molar-refractivity contribution < 1.29 is 4.52 Å². The Bertz CT molecular complexity index is 538. The van der Waals surface area contributed by atoms with Gasteiger partial charge in [-0.15, -0.1) is 0 Å². The van der Waals surface area contributed by atoms with Gasteiger partial charge in [0.15, 0.2) is 5.82 Å². The highest BCUT2D eigenvalue weighted by Crippen LogP contribution is 2.17. The molecule has 2 aromatic rings. The quantitative estimate of drug-likeness (QED) is 0.778. The normalized spacial score (nSPS) is 10.5. The van der Waals surface area contributed by atoms with Gasteiger partial charge in [-0.1, -0.05) is 18.5 Å². The fraction of sp³-hybridized carbons (Fsp3) is 0.462. The van der Waals surface area contributed by atoms with Crippen LogP contribution in [0.2, 0.25) is 0 Å². The van der Waals surface area contributed by atoms with Gasteiger partial charge in [-0.25, -0.2) is 9.97 Å². The van der Waals surface area contributed by atoms with E-state index in [1.165, 1.54) is 0 Å². The number of unbranched alkanes of at least 4 members (excludes halogenated alkanes) is 1. The molecule has 0 aliphatic carbocycles. The molecule has 0 bridgehead atoms. The molecule has 0 radical (unpaired) electrons. The van der Waals surface area contributed by atoms with E-state index in [0.29, 0.717) is 17.5 Å². The molecule has 2 aromatic heterocycles. The Morgan fingerprint density at radius 1 is 1.11 bits per heavy atom. The first-order chi connectivity index (χ1) is 9.17. The van der Waals surface area contributed by atoms with Crippen LogP contribution in [0.15, 0.2) is 16.7 Å². The first kappa shape index (κ1) is 13.3. The molecular formula is C13H19N5O. The molecule has 2 N–H and O–H groups in total. The predicted molar refractivity (Wildman–Crippen MR) is 74.7 cm³/mol. The Morgan fingerprint density at radius 3 is 2.58 bits per heavy atom. The summed E-state index contributed by atoms with van der Waals surface area (Å²) in [6.45, 7) is 6.79. The van der Waals surface area contributed by atoms with Crippen LogP contribution in [-0.4, -0.2) is 21.7 Å². The predicted octanol–water partition coefficient (Wildman–Crippen LogP) is 3.04. The molecular weight excluding hydrogens is 242 g/mol. The van der Waals surface area contributed by atoms with Crippen molar-refractivity contribution in [1.82, 2.24) is 15.1 Å². The van der Waals surface area contributed by atoms with Crippen molar-refractivity contribution in [3.8, 4) is 0 Å². The Labute approximate surface area is 112 Å². The molecule has 2 rings (SSSR count). The number of nitrogens with zero attached hydrogens (tertiary/aromatic N) is 3. The molecule has 0 spiro atoms. The summed E-state index contributed by atoms with van der Waals surface area (Å²) in [6, 6.07) is 3.69. The minimum absolute atomic E-state index is 0.648. The lowest BCUT2D eigenvalue weighted by atomic mass is 10.3. The monoisotopic (exact) mass is 261 g/mol. The maximum atomic E-state index is 5.01. The molecule has 0 unspecified atom stereocenters. The smallest absolute Gasteiger partial charge is 0.175 e. The van der Waals surface area contributed by atoms with E-state index in [1.807, 2.05) is 26.0 Å². The first-order valence-electron chi connectivity index (χ1n) is 6.47. The van der Waals surface area contributed by atoms with Gasteiger partial charge in [0.05, 0.1) is 0 Å². The van der Waals surface area contributed by atoms with Gasteiger partial charge < -0.3 is 15.2 Å². The fourth-order valence-electron chi connectivity index (χ4n) is 1.67. The summed E-state index contributed by atoms with van der Waals surface area (Å²) in [6.07, 6.45) is 2.27. The molecule has 0 saturated heterocycles. The Balaban J connectivity index is 2.07. The zero-order chi connectivity index (χ0) is 13.7. The number of aromatic nitrogens is 3. The highest BCUT2D eigenvalue weighted by Gasteiger charge is 2.05. The van der Waals surface area contributed by atoms with E-state index in [0.717, 1.165) is 31.0 Å². The van der Waals surface area contributed by atoms with Crippen LogP contribution in [0.4, 0.5) is 17.5 Å². The SMILES string of the molecule is CCCCNc1cc(Nc2cc(C)on2)nc(C)n1. The maximum absolute atomic E-state index is 5.01. The average molecular weight is 261 g/mol. The molecule has 0 aliphatic rings. The van der Waals surface area contributed by atoms with Crippen LogP contribution in [0, 0.1) is 13.8 Å². The molecule has 2 heterocycles. The number of hydrogen-bond acceptors (Lipinski definition) is 6. The molecule has 0 atom stereocenters. The third-order valence-corrected chi connectivity index (χ3v) is 2.56. The van der Waals surface area contributed by atoms with Gasteiger partial charge in [0.1, 0.15) is 23.2 Å². The van der Waals surface area contributed by atoms with E-state index in [2.05, 4.69) is 32.7 Å². The lowest BCUT2D eigenvalue weighted by Gasteiger charge is -2.08. The number of nitrogens with one attached hydrogen (secondary N) is 2. The molecule has 19 heavy (non-hydrogen) atoms. The lowest BCUT2D eigenvalue weighted by molar-refractivity contribution is 0.400. The lowest BCUT2D eigenvalue weighted by Crippen LogP contribution is -2.06. The van der Waals surface area contributed by atoms with Crippen LogP contribution in [0.3, 0.4) is 0 Å². The maximum Gasteiger partial charge on any atom is 0.175 e. The van der Waals surface area contributed by atoms with Gasteiger partial charge in [0, 0.05) is 18.7 Å². The van der Waals surface area contributed by atoms with Crippen LogP contribution >= 0.6 is 0 Å². The zero-order valence-corrected chi connectivity index (χ0v) is 11.5. The summed E-state index contributed by atoms with van der Waals surface area (Å²) >= 11 is 0. The van der Waals surface area contributed by atoms with Crippen LogP contribution in [0.1, 0.15) is 31.4 Å². The second-order valence-electron chi connectivity index (χ2n) is 4.41. The Morgan fingerprint density at radius 2 is 1.89 bits per heavy atom. The van der Waals surface area contributed by atoms with Gasteiger partial charge in [0.2, 0.25) is 0 Å². The fourth-order valence-corrected chi connectivity index (χ4v) is 1.67. The van der Waals surface area contributed by atoms with Crippen molar-refractivity contribution in [2.45, 2.75) is 33.6 Å². The van der Waals surface area contributed by atoms with Crippen molar-refractivity contribution in [3.63, 3.8) is 0 Å². The van der Waals surface area contributed by atoms with Crippen molar-refractivity contribution in [2.24, 2.45) is 0 Å². The summed E-state index contributed by atoms with van der Waals surface area (Å²) in [5.41, 5.74) is 0. The molecule has 6 nitrogen and oxygen atoms in total. The Hall–Kier alpha value is -2.11. The molecule has 0 fully saturated rings. The molecule has 102 valence electrons. The summed E-state index contributed by atoms with van der Waals surface area (Å²) in [5, 5.41) is 10.3.